The minimum atomic E-state index is 0.0696. The van der Waals surface area contributed by atoms with Crippen LogP contribution in [0.1, 0.15) is 48.7 Å². The number of Topliss-reactive ketones (excluding diaryl/α,β-unsaturated/α-hetero) is 1. The van der Waals surface area contributed by atoms with Gasteiger partial charge in [-0.2, -0.15) is 0 Å². The second kappa shape index (κ2) is 6.85. The van der Waals surface area contributed by atoms with Crippen LogP contribution in [0, 0.1) is 5.92 Å². The predicted octanol–water partition coefficient (Wildman–Crippen LogP) is 4.27. The van der Waals surface area contributed by atoms with Crippen molar-refractivity contribution in [3.8, 4) is 0 Å². The van der Waals surface area contributed by atoms with Crippen molar-refractivity contribution in [2.75, 3.05) is 30.5 Å². The number of nitrogens with zero attached hydrogens (tertiary/aromatic N) is 1. The maximum absolute atomic E-state index is 11.7. The van der Waals surface area contributed by atoms with Crippen LogP contribution in [-0.2, 0) is 0 Å². The molecule has 0 atom stereocenters. The van der Waals surface area contributed by atoms with E-state index in [1.165, 1.54) is 32.1 Å². The van der Waals surface area contributed by atoms with Crippen molar-refractivity contribution in [2.24, 2.45) is 5.92 Å². The maximum Gasteiger partial charge on any atom is 0.171 e. The van der Waals surface area contributed by atoms with E-state index in [-0.39, 0.29) is 5.78 Å². The van der Waals surface area contributed by atoms with E-state index in [0.717, 1.165) is 22.4 Å². The Balaban J connectivity index is 2.17. The minimum Gasteiger partial charge on any atom is -0.396 e. The molecule has 20 heavy (non-hydrogen) atoms. The minimum absolute atomic E-state index is 0.0696. The summed E-state index contributed by atoms with van der Waals surface area (Å²) < 4.78 is 0. The van der Waals surface area contributed by atoms with Gasteiger partial charge in [0.05, 0.1) is 15.5 Å². The van der Waals surface area contributed by atoms with Crippen molar-refractivity contribution in [3.05, 3.63) is 4.88 Å². The molecule has 3 nitrogen and oxygen atoms in total. The lowest BCUT2D eigenvalue weighted by atomic mass is 9.89. The Morgan fingerprint density at radius 2 is 2.05 bits per heavy atom. The van der Waals surface area contributed by atoms with Crippen molar-refractivity contribution < 1.29 is 4.79 Å². The third kappa shape index (κ3) is 3.31. The zero-order valence-corrected chi connectivity index (χ0v) is 14.2. The van der Waals surface area contributed by atoms with Crippen molar-refractivity contribution in [1.29, 1.82) is 0 Å². The summed E-state index contributed by atoms with van der Waals surface area (Å²) in [7, 11) is 2.13. The molecule has 2 rings (SSSR count). The molecule has 0 aliphatic heterocycles. The Labute approximate surface area is 129 Å². The first-order chi connectivity index (χ1) is 9.54. The van der Waals surface area contributed by atoms with Crippen LogP contribution in [0.2, 0.25) is 0 Å². The van der Waals surface area contributed by atoms with Gasteiger partial charge in [-0.3, -0.25) is 4.79 Å². The number of rotatable bonds is 5. The number of hydrogen-bond acceptors (Lipinski definition) is 5. The molecule has 1 aromatic heterocycles. The second-order valence-electron chi connectivity index (χ2n) is 5.62. The third-order valence-corrected chi connectivity index (χ3v) is 6.38. The molecule has 0 radical (unpaired) electrons. The Morgan fingerprint density at radius 3 is 2.60 bits per heavy atom. The molecule has 1 aliphatic carbocycles. The van der Waals surface area contributed by atoms with E-state index in [2.05, 4.69) is 11.9 Å². The molecule has 1 aliphatic rings. The van der Waals surface area contributed by atoms with Gasteiger partial charge >= 0.3 is 0 Å². The smallest absolute Gasteiger partial charge is 0.171 e. The molecule has 5 heteroatoms. The van der Waals surface area contributed by atoms with Crippen molar-refractivity contribution in [2.45, 2.75) is 43.9 Å². The van der Waals surface area contributed by atoms with E-state index in [4.69, 9.17) is 5.73 Å². The van der Waals surface area contributed by atoms with Crippen LogP contribution in [0.25, 0.3) is 0 Å². The van der Waals surface area contributed by atoms with Crippen LogP contribution in [-0.4, -0.2) is 25.6 Å². The number of thioether (sulfide) groups is 1. The zero-order chi connectivity index (χ0) is 14.7. The summed E-state index contributed by atoms with van der Waals surface area (Å²) in [6.45, 7) is 2.67. The topological polar surface area (TPSA) is 46.3 Å². The quantitative estimate of drug-likeness (QED) is 0.651. The van der Waals surface area contributed by atoms with Crippen molar-refractivity contribution >= 4 is 39.6 Å². The number of carbonyl (C=O) groups is 1. The molecule has 112 valence electrons. The first-order valence-corrected chi connectivity index (χ1v) is 9.27. The first kappa shape index (κ1) is 15.7. The lowest BCUT2D eigenvalue weighted by Crippen LogP contribution is -2.26. The summed E-state index contributed by atoms with van der Waals surface area (Å²) in [6, 6.07) is 0. The zero-order valence-electron chi connectivity index (χ0n) is 12.6. The summed E-state index contributed by atoms with van der Waals surface area (Å²) in [5.74, 6) is 0.854. The predicted molar refractivity (Wildman–Crippen MR) is 90.4 cm³/mol. The van der Waals surface area contributed by atoms with Crippen LogP contribution in [0.15, 0.2) is 4.90 Å². The van der Waals surface area contributed by atoms with E-state index >= 15 is 0 Å². The van der Waals surface area contributed by atoms with Crippen LogP contribution < -0.4 is 10.6 Å². The second-order valence-corrected chi connectivity index (χ2v) is 7.44. The van der Waals surface area contributed by atoms with Gasteiger partial charge in [-0.15, -0.1) is 23.1 Å². The van der Waals surface area contributed by atoms with Crippen LogP contribution in [0.5, 0.6) is 0 Å². The van der Waals surface area contributed by atoms with Gasteiger partial charge < -0.3 is 10.6 Å². The fourth-order valence-electron chi connectivity index (χ4n) is 2.97. The molecule has 0 saturated heterocycles. The van der Waals surface area contributed by atoms with E-state index in [9.17, 15) is 4.79 Å². The Kier molecular flexibility index (Phi) is 5.38. The fourth-order valence-corrected chi connectivity index (χ4v) is 5.04. The van der Waals surface area contributed by atoms with Gasteiger partial charge in [0.25, 0.3) is 0 Å². The SMILES string of the molecule is CSc1c(N(C)CC2CCCCC2)sc(C(C)=O)c1N. The summed E-state index contributed by atoms with van der Waals surface area (Å²) in [5.41, 5.74) is 6.80. The highest BCUT2D eigenvalue weighted by Crippen LogP contribution is 2.44. The van der Waals surface area contributed by atoms with Gasteiger partial charge in [0.15, 0.2) is 5.78 Å². The normalized spacial score (nSPS) is 16.4. The molecule has 0 unspecified atom stereocenters. The van der Waals surface area contributed by atoms with E-state index in [0.29, 0.717) is 10.6 Å². The molecular formula is C15H24N2OS2. The summed E-state index contributed by atoms with van der Waals surface area (Å²) >= 11 is 3.19. The Bertz CT molecular complexity index is 478. The van der Waals surface area contributed by atoms with Crippen LogP contribution in [0.4, 0.5) is 10.7 Å². The number of carbonyl (C=O) groups excluding carboxylic acids is 1. The Hall–Kier alpha value is -0.680. The molecule has 1 saturated carbocycles. The molecule has 1 aromatic rings. The summed E-state index contributed by atoms with van der Waals surface area (Å²) in [4.78, 5) is 15.7. The highest BCUT2D eigenvalue weighted by Gasteiger charge is 2.23. The maximum atomic E-state index is 11.7. The number of nitrogens with two attached hydrogens (primary N) is 1. The van der Waals surface area contributed by atoms with Crippen LogP contribution in [0.3, 0.4) is 0 Å². The average molecular weight is 313 g/mol. The molecule has 0 bridgehead atoms. The molecule has 0 aromatic carbocycles. The number of hydrogen-bond donors (Lipinski definition) is 1. The molecule has 0 amide bonds. The fraction of sp³-hybridized carbons (Fsp3) is 0.667. The van der Waals surface area contributed by atoms with Gasteiger partial charge in [-0.1, -0.05) is 19.3 Å². The molecule has 1 fully saturated rings. The summed E-state index contributed by atoms with van der Waals surface area (Å²) in [5, 5.41) is 1.16. The largest absolute Gasteiger partial charge is 0.396 e. The lowest BCUT2D eigenvalue weighted by Gasteiger charge is -2.28. The number of thiophene rings is 1. The van der Waals surface area contributed by atoms with Gasteiger partial charge in [0, 0.05) is 20.5 Å². The number of nitrogen functional groups attached to an aromatic ring is 1. The van der Waals surface area contributed by atoms with Gasteiger partial charge in [-0.25, -0.2) is 0 Å². The van der Waals surface area contributed by atoms with Crippen molar-refractivity contribution in [3.63, 3.8) is 0 Å². The van der Waals surface area contributed by atoms with E-state index in [1.54, 1.807) is 30.0 Å². The highest BCUT2D eigenvalue weighted by molar-refractivity contribution is 7.99. The molecule has 1 heterocycles. The first-order valence-electron chi connectivity index (χ1n) is 7.23. The van der Waals surface area contributed by atoms with Gasteiger partial charge in [0.2, 0.25) is 0 Å². The standard InChI is InChI=1S/C15H24N2OS2/c1-10(18)13-12(16)14(19-3)15(20-13)17(2)9-11-7-5-4-6-8-11/h11H,4-9,16H2,1-3H3. The van der Waals surface area contributed by atoms with E-state index in [1.807, 2.05) is 6.26 Å². The molecule has 2 N–H and O–H groups in total. The van der Waals surface area contributed by atoms with E-state index < -0.39 is 0 Å². The average Bonchev–Trinajstić information content (AvgIpc) is 2.77. The third-order valence-electron chi connectivity index (χ3n) is 4.01. The highest BCUT2D eigenvalue weighted by atomic mass is 32.2. The monoisotopic (exact) mass is 312 g/mol. The molecular weight excluding hydrogens is 288 g/mol. The Morgan fingerprint density at radius 1 is 1.40 bits per heavy atom. The summed E-state index contributed by atoms with van der Waals surface area (Å²) in [6.07, 6.45) is 8.80. The number of anilines is 2. The van der Waals surface area contributed by atoms with Crippen LogP contribution >= 0.6 is 23.1 Å². The molecule has 0 spiro atoms. The van der Waals surface area contributed by atoms with Crippen molar-refractivity contribution in [1.82, 2.24) is 0 Å². The lowest BCUT2D eigenvalue weighted by molar-refractivity contribution is 0.102. The van der Waals surface area contributed by atoms with Gasteiger partial charge in [0.1, 0.15) is 5.00 Å². The number of ketones is 1. The van der Waals surface area contributed by atoms with Gasteiger partial charge in [-0.05, 0) is 25.0 Å².